The monoisotopic (exact) mass is 380 g/mol. The van der Waals surface area contributed by atoms with E-state index in [1.807, 2.05) is 47.4 Å². The van der Waals surface area contributed by atoms with Crippen molar-refractivity contribution < 1.29 is 9.59 Å². The number of nitrogens with two attached hydrogens (primary N) is 1. The number of carbonyl (C=O) groups is 2. The summed E-state index contributed by atoms with van der Waals surface area (Å²) >= 11 is 0. The Kier molecular flexibility index (Phi) is 7.03. The zero-order chi connectivity index (χ0) is 19.8. The van der Waals surface area contributed by atoms with E-state index in [4.69, 9.17) is 5.73 Å². The van der Waals surface area contributed by atoms with Crippen LogP contribution in [0.25, 0.3) is 0 Å². The van der Waals surface area contributed by atoms with Gasteiger partial charge in [0.15, 0.2) is 0 Å². The molecule has 1 aliphatic rings. The number of carbonyl (C=O) groups excluding carboxylic acids is 2. The van der Waals surface area contributed by atoms with Crippen LogP contribution in [0.15, 0.2) is 54.6 Å². The van der Waals surface area contributed by atoms with Gasteiger partial charge in [0, 0.05) is 44.8 Å². The van der Waals surface area contributed by atoms with E-state index in [-0.39, 0.29) is 18.4 Å². The molecule has 0 atom stereocenters. The molecule has 2 amide bonds. The fourth-order valence-electron chi connectivity index (χ4n) is 3.38. The van der Waals surface area contributed by atoms with Gasteiger partial charge in [0.05, 0.1) is 6.54 Å². The normalized spacial score (nSPS) is 14.6. The van der Waals surface area contributed by atoms with Gasteiger partial charge in [0.25, 0.3) is 0 Å². The number of piperazine rings is 1. The average Bonchev–Trinajstić information content (AvgIpc) is 2.73. The van der Waals surface area contributed by atoms with Gasteiger partial charge in [-0.15, -0.1) is 0 Å². The molecule has 0 bridgehead atoms. The lowest BCUT2D eigenvalue weighted by molar-refractivity contribution is -0.134. The van der Waals surface area contributed by atoms with E-state index in [0.29, 0.717) is 31.6 Å². The van der Waals surface area contributed by atoms with E-state index < -0.39 is 0 Å². The van der Waals surface area contributed by atoms with Crippen molar-refractivity contribution >= 4 is 17.5 Å². The largest absolute Gasteiger partial charge is 0.399 e. The molecule has 6 nitrogen and oxygen atoms in total. The summed E-state index contributed by atoms with van der Waals surface area (Å²) < 4.78 is 0. The van der Waals surface area contributed by atoms with Gasteiger partial charge in [-0.05, 0) is 23.6 Å². The average molecular weight is 380 g/mol. The molecule has 0 spiro atoms. The van der Waals surface area contributed by atoms with Crippen LogP contribution < -0.4 is 11.1 Å². The molecule has 0 aliphatic carbocycles. The highest BCUT2D eigenvalue weighted by Crippen LogP contribution is 2.12. The summed E-state index contributed by atoms with van der Waals surface area (Å²) in [6.45, 7) is 4.05. The standard InChI is InChI=1S/C22H28N4O2/c23-20-9-5-4-8-19(20)10-11-21(27)24-16-22(28)26-14-12-25(13-15-26)17-18-6-2-1-3-7-18/h1-9H,10-17,23H2,(H,24,27). The number of aryl methyl sites for hydroxylation is 1. The van der Waals surface area contributed by atoms with Crippen molar-refractivity contribution in [1.29, 1.82) is 0 Å². The Morgan fingerprint density at radius 2 is 1.61 bits per heavy atom. The van der Waals surface area contributed by atoms with Crippen LogP contribution in [-0.2, 0) is 22.6 Å². The predicted octanol–water partition coefficient (Wildman–Crippen LogP) is 1.66. The van der Waals surface area contributed by atoms with Crippen LogP contribution in [-0.4, -0.2) is 54.3 Å². The number of anilines is 1. The van der Waals surface area contributed by atoms with E-state index in [1.54, 1.807) is 0 Å². The summed E-state index contributed by atoms with van der Waals surface area (Å²) in [5, 5.41) is 2.74. The Morgan fingerprint density at radius 1 is 0.929 bits per heavy atom. The van der Waals surface area contributed by atoms with Crippen molar-refractivity contribution in [2.45, 2.75) is 19.4 Å². The van der Waals surface area contributed by atoms with Crippen LogP contribution >= 0.6 is 0 Å². The number of hydrogen-bond donors (Lipinski definition) is 2. The quantitative estimate of drug-likeness (QED) is 0.716. The van der Waals surface area contributed by atoms with Gasteiger partial charge in [-0.3, -0.25) is 14.5 Å². The predicted molar refractivity (Wildman–Crippen MR) is 110 cm³/mol. The minimum Gasteiger partial charge on any atom is -0.399 e. The van der Waals surface area contributed by atoms with Crippen LogP contribution in [0, 0.1) is 0 Å². The van der Waals surface area contributed by atoms with Gasteiger partial charge in [0.1, 0.15) is 0 Å². The van der Waals surface area contributed by atoms with Crippen molar-refractivity contribution in [1.82, 2.24) is 15.1 Å². The Labute approximate surface area is 166 Å². The molecule has 6 heteroatoms. The second-order valence-corrected chi connectivity index (χ2v) is 7.12. The van der Waals surface area contributed by atoms with E-state index in [1.165, 1.54) is 5.56 Å². The molecule has 0 unspecified atom stereocenters. The highest BCUT2D eigenvalue weighted by atomic mass is 16.2. The van der Waals surface area contributed by atoms with Crippen LogP contribution in [0.2, 0.25) is 0 Å². The lowest BCUT2D eigenvalue weighted by atomic mass is 10.1. The molecule has 2 aromatic rings. The maximum Gasteiger partial charge on any atom is 0.242 e. The van der Waals surface area contributed by atoms with Crippen LogP contribution in [0.5, 0.6) is 0 Å². The zero-order valence-corrected chi connectivity index (χ0v) is 16.1. The van der Waals surface area contributed by atoms with Gasteiger partial charge in [-0.2, -0.15) is 0 Å². The molecular weight excluding hydrogens is 352 g/mol. The Morgan fingerprint density at radius 3 is 2.32 bits per heavy atom. The van der Waals surface area contributed by atoms with Crippen molar-refractivity contribution in [2.75, 3.05) is 38.5 Å². The van der Waals surface area contributed by atoms with Gasteiger partial charge < -0.3 is 16.0 Å². The molecule has 3 rings (SSSR count). The van der Waals surface area contributed by atoms with Gasteiger partial charge >= 0.3 is 0 Å². The van der Waals surface area contributed by atoms with Crippen LogP contribution in [0.3, 0.4) is 0 Å². The number of hydrogen-bond acceptors (Lipinski definition) is 4. The van der Waals surface area contributed by atoms with Crippen LogP contribution in [0.4, 0.5) is 5.69 Å². The third-order valence-electron chi connectivity index (χ3n) is 5.09. The van der Waals surface area contributed by atoms with E-state index in [0.717, 1.165) is 25.2 Å². The topological polar surface area (TPSA) is 78.7 Å². The van der Waals surface area contributed by atoms with Crippen molar-refractivity contribution in [3.63, 3.8) is 0 Å². The maximum atomic E-state index is 12.4. The first-order valence-corrected chi connectivity index (χ1v) is 9.76. The van der Waals surface area contributed by atoms with Crippen LogP contribution in [0.1, 0.15) is 17.5 Å². The van der Waals surface area contributed by atoms with Crippen molar-refractivity contribution in [2.24, 2.45) is 0 Å². The highest BCUT2D eigenvalue weighted by Gasteiger charge is 2.21. The molecule has 1 saturated heterocycles. The van der Waals surface area contributed by atoms with Gasteiger partial charge in [-0.1, -0.05) is 48.5 Å². The van der Waals surface area contributed by atoms with E-state index >= 15 is 0 Å². The van der Waals surface area contributed by atoms with Crippen molar-refractivity contribution in [3.05, 3.63) is 65.7 Å². The minimum absolute atomic E-state index is 0.0214. The number of nitrogens with zero attached hydrogens (tertiary/aromatic N) is 2. The number of rotatable bonds is 7. The summed E-state index contributed by atoms with van der Waals surface area (Å²) in [7, 11) is 0. The molecule has 1 fully saturated rings. The fourth-order valence-corrected chi connectivity index (χ4v) is 3.38. The summed E-state index contributed by atoms with van der Waals surface area (Å²) in [4.78, 5) is 28.6. The lowest BCUT2D eigenvalue weighted by Gasteiger charge is -2.34. The molecule has 1 aliphatic heterocycles. The first kappa shape index (κ1) is 19.9. The van der Waals surface area contributed by atoms with Gasteiger partial charge in [-0.25, -0.2) is 0 Å². The Bertz CT molecular complexity index is 786. The second kappa shape index (κ2) is 9.90. The fraction of sp³-hybridized carbons (Fsp3) is 0.364. The molecular formula is C22H28N4O2. The number of nitrogens with one attached hydrogen (secondary N) is 1. The van der Waals surface area contributed by atoms with E-state index in [2.05, 4.69) is 22.3 Å². The number of nitrogen functional groups attached to an aromatic ring is 1. The molecule has 148 valence electrons. The number of amides is 2. The molecule has 0 aromatic heterocycles. The highest BCUT2D eigenvalue weighted by molar-refractivity contribution is 5.85. The van der Waals surface area contributed by atoms with E-state index in [9.17, 15) is 9.59 Å². The molecule has 0 radical (unpaired) electrons. The third kappa shape index (κ3) is 5.82. The number of benzene rings is 2. The molecule has 1 heterocycles. The second-order valence-electron chi connectivity index (χ2n) is 7.12. The maximum absolute atomic E-state index is 12.4. The SMILES string of the molecule is Nc1ccccc1CCC(=O)NCC(=O)N1CCN(Cc2ccccc2)CC1. The first-order chi connectivity index (χ1) is 13.6. The van der Waals surface area contributed by atoms with Crippen molar-refractivity contribution in [3.8, 4) is 0 Å². The summed E-state index contributed by atoms with van der Waals surface area (Å²) in [6, 6.07) is 17.9. The molecule has 2 aromatic carbocycles. The summed E-state index contributed by atoms with van der Waals surface area (Å²) in [5.74, 6) is -0.147. The molecule has 28 heavy (non-hydrogen) atoms. The smallest absolute Gasteiger partial charge is 0.242 e. The first-order valence-electron chi connectivity index (χ1n) is 9.76. The molecule has 3 N–H and O–H groups in total. The Hall–Kier alpha value is -2.86. The summed E-state index contributed by atoms with van der Waals surface area (Å²) in [5.41, 5.74) is 8.83. The van der Waals surface area contributed by atoms with Gasteiger partial charge in [0.2, 0.25) is 11.8 Å². The number of para-hydroxylation sites is 1. The zero-order valence-electron chi connectivity index (χ0n) is 16.1. The Balaban J connectivity index is 1.35. The lowest BCUT2D eigenvalue weighted by Crippen LogP contribution is -2.50. The summed E-state index contributed by atoms with van der Waals surface area (Å²) in [6.07, 6.45) is 0.900. The third-order valence-corrected chi connectivity index (χ3v) is 5.09. The molecule has 0 saturated carbocycles. The minimum atomic E-state index is -0.126.